The van der Waals surface area contributed by atoms with Crippen molar-refractivity contribution in [3.05, 3.63) is 28.6 Å². The molecule has 0 bridgehead atoms. The number of hydrogen-bond donors (Lipinski definition) is 2. The summed E-state index contributed by atoms with van der Waals surface area (Å²) in [6.07, 6.45) is 0.976. The second-order valence-corrected chi connectivity index (χ2v) is 4.20. The highest BCUT2D eigenvalue weighted by Gasteiger charge is 2.08. The number of nitrogen functional groups attached to an aromatic ring is 1. The van der Waals surface area contributed by atoms with Gasteiger partial charge in [-0.15, -0.1) is 11.3 Å². The number of nitrogens with two attached hydrogens (primary N) is 1. The Morgan fingerprint density at radius 3 is 2.86 bits per heavy atom. The summed E-state index contributed by atoms with van der Waals surface area (Å²) in [5.74, 6) is 0. The van der Waals surface area contributed by atoms with Gasteiger partial charge in [0, 0.05) is 21.3 Å². The Hall–Kier alpha value is -1.06. The molecule has 3 N–H and O–H groups in total. The van der Waals surface area contributed by atoms with Gasteiger partial charge in [0.2, 0.25) is 0 Å². The molecule has 3 heteroatoms. The van der Waals surface area contributed by atoms with Crippen molar-refractivity contribution in [2.45, 2.75) is 20.0 Å². The van der Waals surface area contributed by atoms with Crippen LogP contribution in [0.15, 0.2) is 17.5 Å². The van der Waals surface area contributed by atoms with Crippen molar-refractivity contribution in [1.29, 1.82) is 0 Å². The molecule has 0 atom stereocenters. The molecule has 0 amide bonds. The molecule has 1 heterocycles. The molecule has 2 rings (SSSR count). The summed E-state index contributed by atoms with van der Waals surface area (Å²) in [4.78, 5) is 0. The van der Waals surface area contributed by atoms with E-state index in [4.69, 9.17) is 10.8 Å². The van der Waals surface area contributed by atoms with Gasteiger partial charge in [0.05, 0.1) is 6.61 Å². The smallest absolute Gasteiger partial charge is 0.0702 e. The summed E-state index contributed by atoms with van der Waals surface area (Å²) >= 11 is 1.71. The molecule has 0 aliphatic heterocycles. The average Bonchev–Trinajstić information content (AvgIpc) is 2.68. The van der Waals surface area contributed by atoms with Gasteiger partial charge in [0.1, 0.15) is 0 Å². The number of aryl methyl sites for hydroxylation is 1. The fourth-order valence-corrected chi connectivity index (χ4v) is 2.69. The van der Waals surface area contributed by atoms with Crippen molar-refractivity contribution >= 4 is 27.1 Å². The van der Waals surface area contributed by atoms with E-state index in [-0.39, 0.29) is 6.61 Å². The van der Waals surface area contributed by atoms with E-state index >= 15 is 0 Å². The first-order valence-corrected chi connectivity index (χ1v) is 5.54. The Kier molecular flexibility index (Phi) is 2.44. The molecule has 0 radical (unpaired) electrons. The summed E-state index contributed by atoms with van der Waals surface area (Å²) < 4.78 is 1.25. The van der Waals surface area contributed by atoms with Crippen LogP contribution in [-0.2, 0) is 13.0 Å². The normalized spacial score (nSPS) is 11.0. The predicted molar refractivity (Wildman–Crippen MR) is 61.5 cm³/mol. The fourth-order valence-electron chi connectivity index (χ4n) is 1.69. The molecule has 0 saturated carbocycles. The van der Waals surface area contributed by atoms with Crippen LogP contribution in [0, 0.1) is 0 Å². The fraction of sp³-hybridized carbons (Fsp3) is 0.273. The number of anilines is 1. The van der Waals surface area contributed by atoms with Crippen molar-refractivity contribution in [1.82, 2.24) is 0 Å². The number of aliphatic hydroxyl groups excluding tert-OH is 1. The zero-order valence-electron chi connectivity index (χ0n) is 8.08. The molecular weight excluding hydrogens is 194 g/mol. The van der Waals surface area contributed by atoms with Crippen LogP contribution in [-0.4, -0.2) is 5.11 Å². The number of hydrogen-bond acceptors (Lipinski definition) is 3. The molecular formula is C11H13NOS. The van der Waals surface area contributed by atoms with Crippen LogP contribution in [0.4, 0.5) is 5.69 Å². The average molecular weight is 207 g/mol. The Morgan fingerprint density at radius 1 is 1.43 bits per heavy atom. The summed E-state index contributed by atoms with van der Waals surface area (Å²) in [5, 5.41) is 12.3. The molecule has 1 aromatic heterocycles. The Balaban J connectivity index is 2.80. The third-order valence-electron chi connectivity index (χ3n) is 2.49. The highest BCUT2D eigenvalue weighted by atomic mass is 32.1. The second-order valence-electron chi connectivity index (χ2n) is 3.28. The molecule has 1 aromatic carbocycles. The molecule has 0 aliphatic rings. The quantitative estimate of drug-likeness (QED) is 0.743. The van der Waals surface area contributed by atoms with Gasteiger partial charge in [0.25, 0.3) is 0 Å². The molecule has 2 nitrogen and oxygen atoms in total. The SMILES string of the molecule is CCc1cc(CO)c(N)c2ccsc12. The van der Waals surface area contributed by atoms with Crippen molar-refractivity contribution < 1.29 is 5.11 Å². The van der Waals surface area contributed by atoms with E-state index in [1.807, 2.05) is 17.5 Å². The summed E-state index contributed by atoms with van der Waals surface area (Å²) in [5.41, 5.74) is 8.78. The monoisotopic (exact) mass is 207 g/mol. The van der Waals surface area contributed by atoms with Gasteiger partial charge < -0.3 is 10.8 Å². The lowest BCUT2D eigenvalue weighted by molar-refractivity contribution is 0.282. The maximum atomic E-state index is 9.16. The van der Waals surface area contributed by atoms with Crippen LogP contribution in [0.25, 0.3) is 10.1 Å². The van der Waals surface area contributed by atoms with Crippen molar-refractivity contribution in [2.75, 3.05) is 5.73 Å². The molecule has 0 fully saturated rings. The molecule has 0 aliphatic carbocycles. The van der Waals surface area contributed by atoms with Gasteiger partial charge in [-0.1, -0.05) is 13.0 Å². The largest absolute Gasteiger partial charge is 0.398 e. The van der Waals surface area contributed by atoms with Gasteiger partial charge in [-0.2, -0.15) is 0 Å². The first-order chi connectivity index (χ1) is 6.77. The first-order valence-electron chi connectivity index (χ1n) is 4.66. The van der Waals surface area contributed by atoms with E-state index < -0.39 is 0 Å². The van der Waals surface area contributed by atoms with Gasteiger partial charge in [-0.05, 0) is 23.4 Å². The zero-order chi connectivity index (χ0) is 10.1. The predicted octanol–water partition coefficient (Wildman–Crippen LogP) is 2.54. The third-order valence-corrected chi connectivity index (χ3v) is 3.48. The van der Waals surface area contributed by atoms with Crippen molar-refractivity contribution in [2.24, 2.45) is 0 Å². The lowest BCUT2D eigenvalue weighted by Crippen LogP contribution is -1.96. The van der Waals surface area contributed by atoms with Crippen molar-refractivity contribution in [3.8, 4) is 0 Å². The van der Waals surface area contributed by atoms with E-state index in [0.29, 0.717) is 0 Å². The zero-order valence-corrected chi connectivity index (χ0v) is 8.90. The van der Waals surface area contributed by atoms with Gasteiger partial charge >= 0.3 is 0 Å². The van der Waals surface area contributed by atoms with E-state index in [0.717, 1.165) is 23.1 Å². The molecule has 2 aromatic rings. The minimum Gasteiger partial charge on any atom is -0.398 e. The number of thiophene rings is 1. The molecule has 0 saturated heterocycles. The maximum Gasteiger partial charge on any atom is 0.0702 e. The Bertz CT molecular complexity index is 462. The highest BCUT2D eigenvalue weighted by molar-refractivity contribution is 7.17. The summed E-state index contributed by atoms with van der Waals surface area (Å²) in [7, 11) is 0. The van der Waals surface area contributed by atoms with Gasteiger partial charge in [0.15, 0.2) is 0 Å². The standard InChI is InChI=1S/C11H13NOS/c1-2-7-5-8(6-13)10(12)9-3-4-14-11(7)9/h3-5,13H,2,6,12H2,1H3. The van der Waals surface area contributed by atoms with E-state index in [1.54, 1.807) is 11.3 Å². The van der Waals surface area contributed by atoms with E-state index in [1.165, 1.54) is 10.3 Å². The highest BCUT2D eigenvalue weighted by Crippen LogP contribution is 2.32. The minimum absolute atomic E-state index is 0.0185. The number of benzene rings is 1. The van der Waals surface area contributed by atoms with Crippen LogP contribution in [0.3, 0.4) is 0 Å². The number of fused-ring (bicyclic) bond motifs is 1. The van der Waals surface area contributed by atoms with Gasteiger partial charge in [-0.25, -0.2) is 0 Å². The molecule has 14 heavy (non-hydrogen) atoms. The van der Waals surface area contributed by atoms with Crippen LogP contribution in [0.1, 0.15) is 18.1 Å². The van der Waals surface area contributed by atoms with E-state index in [2.05, 4.69) is 6.92 Å². The van der Waals surface area contributed by atoms with Crippen LogP contribution < -0.4 is 5.73 Å². The first kappa shape index (κ1) is 9.49. The van der Waals surface area contributed by atoms with Crippen LogP contribution in [0.5, 0.6) is 0 Å². The number of rotatable bonds is 2. The summed E-state index contributed by atoms with van der Waals surface area (Å²) in [6.45, 7) is 2.14. The second kappa shape index (κ2) is 3.59. The van der Waals surface area contributed by atoms with Crippen molar-refractivity contribution in [3.63, 3.8) is 0 Å². The molecule has 0 unspecified atom stereocenters. The Labute approximate surface area is 87.0 Å². The lowest BCUT2D eigenvalue weighted by Gasteiger charge is -2.07. The number of aliphatic hydroxyl groups is 1. The minimum atomic E-state index is 0.0185. The van der Waals surface area contributed by atoms with Crippen LogP contribution in [0.2, 0.25) is 0 Å². The topological polar surface area (TPSA) is 46.2 Å². The van der Waals surface area contributed by atoms with Gasteiger partial charge in [-0.3, -0.25) is 0 Å². The third kappa shape index (κ3) is 1.29. The van der Waals surface area contributed by atoms with Crippen LogP contribution >= 0.6 is 11.3 Å². The summed E-state index contributed by atoms with van der Waals surface area (Å²) in [6, 6.07) is 4.03. The maximum absolute atomic E-state index is 9.16. The molecule has 0 spiro atoms. The van der Waals surface area contributed by atoms with E-state index in [9.17, 15) is 0 Å². The Morgan fingerprint density at radius 2 is 2.21 bits per heavy atom. The lowest BCUT2D eigenvalue weighted by atomic mass is 10.0. The molecule has 74 valence electrons.